The summed E-state index contributed by atoms with van der Waals surface area (Å²) >= 11 is 0. The van der Waals surface area contributed by atoms with Gasteiger partial charge in [-0.05, 0) is 19.8 Å². The number of hydrogen-bond acceptors (Lipinski definition) is 3. The molecule has 84 valence electrons. The number of rotatable bonds is 6. The van der Waals surface area contributed by atoms with Crippen LogP contribution in [0.3, 0.4) is 0 Å². The van der Waals surface area contributed by atoms with Crippen molar-refractivity contribution >= 4 is 5.91 Å². The van der Waals surface area contributed by atoms with Crippen LogP contribution in [0.5, 0.6) is 0 Å². The van der Waals surface area contributed by atoms with Crippen molar-refractivity contribution in [3.63, 3.8) is 0 Å². The molecule has 0 aromatic rings. The number of hydrogen-bond donors (Lipinski definition) is 3. The molecule has 0 saturated heterocycles. The number of aliphatic hydroxyl groups is 1. The molecule has 0 rings (SSSR count). The highest BCUT2D eigenvalue weighted by molar-refractivity contribution is 5.85. The molecule has 4 N–H and O–H groups in total. The number of nitrogens with one attached hydrogen (secondary N) is 1. The second-order valence-electron chi connectivity index (χ2n) is 3.94. The summed E-state index contributed by atoms with van der Waals surface area (Å²) in [5, 5.41) is 11.9. The van der Waals surface area contributed by atoms with Gasteiger partial charge in [-0.2, -0.15) is 0 Å². The smallest absolute Gasteiger partial charge is 0.239 e. The highest BCUT2D eigenvalue weighted by Crippen LogP contribution is 2.08. The Balaban J connectivity index is 3.94. The zero-order chi connectivity index (χ0) is 11.2. The fourth-order valence-electron chi connectivity index (χ4n) is 1.19. The normalized spacial score (nSPS) is 17.2. The van der Waals surface area contributed by atoms with Gasteiger partial charge in [-0.25, -0.2) is 0 Å². The Labute approximate surface area is 85.9 Å². The van der Waals surface area contributed by atoms with Crippen molar-refractivity contribution in [1.29, 1.82) is 0 Å². The lowest BCUT2D eigenvalue weighted by atomic mass is 9.96. The van der Waals surface area contributed by atoms with Crippen LogP contribution < -0.4 is 11.1 Å². The molecule has 2 atom stereocenters. The number of amides is 1. The molecule has 4 nitrogen and oxygen atoms in total. The minimum Gasteiger partial charge on any atom is -0.391 e. The fourth-order valence-corrected chi connectivity index (χ4v) is 1.19. The van der Waals surface area contributed by atoms with E-state index >= 15 is 0 Å². The first-order valence-electron chi connectivity index (χ1n) is 5.19. The molecule has 2 unspecified atom stereocenters. The van der Waals surface area contributed by atoms with Crippen LogP contribution in [0.2, 0.25) is 0 Å². The van der Waals surface area contributed by atoms with E-state index < -0.39 is 11.6 Å². The van der Waals surface area contributed by atoms with Crippen LogP contribution >= 0.6 is 0 Å². The Bertz CT molecular complexity index is 181. The van der Waals surface area contributed by atoms with Crippen molar-refractivity contribution in [1.82, 2.24) is 5.32 Å². The van der Waals surface area contributed by atoms with Gasteiger partial charge in [-0.1, -0.05) is 20.3 Å². The van der Waals surface area contributed by atoms with Crippen LogP contribution in [0.25, 0.3) is 0 Å². The predicted molar refractivity (Wildman–Crippen MR) is 56.8 cm³/mol. The van der Waals surface area contributed by atoms with Gasteiger partial charge in [0.1, 0.15) is 0 Å². The standard InChI is InChI=1S/C10H22N2O2/c1-4-6-10(3,11)9(14)12-7-8(13)5-2/h8,13H,4-7,11H2,1-3H3,(H,12,14). The van der Waals surface area contributed by atoms with Crippen LogP contribution in [-0.2, 0) is 4.79 Å². The number of aliphatic hydroxyl groups excluding tert-OH is 1. The Morgan fingerprint density at radius 3 is 2.57 bits per heavy atom. The molecule has 0 aliphatic carbocycles. The van der Waals surface area contributed by atoms with Crippen molar-refractivity contribution in [2.24, 2.45) is 5.73 Å². The molecule has 14 heavy (non-hydrogen) atoms. The highest BCUT2D eigenvalue weighted by Gasteiger charge is 2.26. The maximum absolute atomic E-state index is 11.5. The summed E-state index contributed by atoms with van der Waals surface area (Å²) in [5.41, 5.74) is 4.99. The van der Waals surface area contributed by atoms with E-state index in [1.807, 2.05) is 13.8 Å². The van der Waals surface area contributed by atoms with Crippen molar-refractivity contribution in [3.05, 3.63) is 0 Å². The van der Waals surface area contributed by atoms with Gasteiger partial charge in [0.2, 0.25) is 5.91 Å². The van der Waals surface area contributed by atoms with Gasteiger partial charge in [0.05, 0.1) is 11.6 Å². The van der Waals surface area contributed by atoms with Gasteiger partial charge in [0.25, 0.3) is 0 Å². The molecule has 0 bridgehead atoms. The topological polar surface area (TPSA) is 75.4 Å². The Hall–Kier alpha value is -0.610. The van der Waals surface area contributed by atoms with Crippen molar-refractivity contribution in [2.45, 2.75) is 51.7 Å². The monoisotopic (exact) mass is 202 g/mol. The number of carbonyl (C=O) groups excluding carboxylic acids is 1. The van der Waals surface area contributed by atoms with Crippen molar-refractivity contribution in [2.75, 3.05) is 6.54 Å². The zero-order valence-corrected chi connectivity index (χ0v) is 9.34. The summed E-state index contributed by atoms with van der Waals surface area (Å²) in [6.45, 7) is 5.85. The molecule has 0 fully saturated rings. The lowest BCUT2D eigenvalue weighted by Gasteiger charge is -2.23. The SMILES string of the molecule is CCCC(C)(N)C(=O)NCC(O)CC. The van der Waals surface area contributed by atoms with E-state index in [1.165, 1.54) is 0 Å². The van der Waals surface area contributed by atoms with Gasteiger partial charge in [0, 0.05) is 6.54 Å². The summed E-state index contributed by atoms with van der Waals surface area (Å²) < 4.78 is 0. The molecule has 0 aromatic heterocycles. The Morgan fingerprint density at radius 2 is 2.14 bits per heavy atom. The van der Waals surface area contributed by atoms with Crippen LogP contribution in [0.15, 0.2) is 0 Å². The van der Waals surface area contributed by atoms with Gasteiger partial charge < -0.3 is 16.2 Å². The van der Waals surface area contributed by atoms with Gasteiger partial charge in [0.15, 0.2) is 0 Å². The molecular weight excluding hydrogens is 180 g/mol. The van der Waals surface area contributed by atoms with Crippen LogP contribution in [0, 0.1) is 0 Å². The summed E-state index contributed by atoms with van der Waals surface area (Å²) in [4.78, 5) is 11.5. The van der Waals surface area contributed by atoms with Crippen LogP contribution in [0.1, 0.15) is 40.0 Å². The van der Waals surface area contributed by atoms with E-state index in [4.69, 9.17) is 5.73 Å². The Morgan fingerprint density at radius 1 is 1.57 bits per heavy atom. The third-order valence-corrected chi connectivity index (χ3v) is 2.26. The molecule has 0 saturated carbocycles. The van der Waals surface area contributed by atoms with Crippen molar-refractivity contribution in [3.8, 4) is 0 Å². The first kappa shape index (κ1) is 13.4. The predicted octanol–water partition coefficient (Wildman–Crippen LogP) is 0.391. The summed E-state index contributed by atoms with van der Waals surface area (Å²) in [6, 6.07) is 0. The van der Waals surface area contributed by atoms with Gasteiger partial charge >= 0.3 is 0 Å². The highest BCUT2D eigenvalue weighted by atomic mass is 16.3. The second kappa shape index (κ2) is 5.98. The van der Waals surface area contributed by atoms with E-state index in [-0.39, 0.29) is 12.5 Å². The van der Waals surface area contributed by atoms with Crippen LogP contribution in [-0.4, -0.2) is 29.2 Å². The molecule has 0 aliphatic rings. The van der Waals surface area contributed by atoms with Gasteiger partial charge in [-0.15, -0.1) is 0 Å². The average Bonchev–Trinajstić information content (AvgIpc) is 2.13. The molecular formula is C10H22N2O2. The quantitative estimate of drug-likeness (QED) is 0.583. The summed E-state index contributed by atoms with van der Waals surface area (Å²) in [7, 11) is 0. The van der Waals surface area contributed by atoms with E-state index in [2.05, 4.69) is 5.32 Å². The lowest BCUT2D eigenvalue weighted by molar-refractivity contribution is -0.126. The third-order valence-electron chi connectivity index (χ3n) is 2.26. The molecule has 0 radical (unpaired) electrons. The number of carbonyl (C=O) groups is 1. The summed E-state index contributed by atoms with van der Waals surface area (Å²) in [6.07, 6.45) is 1.68. The van der Waals surface area contributed by atoms with Crippen molar-refractivity contribution < 1.29 is 9.90 Å². The van der Waals surface area contributed by atoms with E-state index in [1.54, 1.807) is 6.92 Å². The molecule has 4 heteroatoms. The largest absolute Gasteiger partial charge is 0.391 e. The molecule has 0 aromatic carbocycles. The maximum atomic E-state index is 11.5. The second-order valence-corrected chi connectivity index (χ2v) is 3.94. The van der Waals surface area contributed by atoms with Crippen LogP contribution in [0.4, 0.5) is 0 Å². The molecule has 0 spiro atoms. The first-order valence-corrected chi connectivity index (χ1v) is 5.19. The molecule has 0 heterocycles. The average molecular weight is 202 g/mol. The van der Waals surface area contributed by atoms with E-state index in [9.17, 15) is 9.90 Å². The van der Waals surface area contributed by atoms with Gasteiger partial charge in [-0.3, -0.25) is 4.79 Å². The molecule has 1 amide bonds. The lowest BCUT2D eigenvalue weighted by Crippen LogP contribution is -2.52. The minimum absolute atomic E-state index is 0.188. The third kappa shape index (κ3) is 4.58. The van der Waals surface area contributed by atoms with E-state index in [0.29, 0.717) is 12.8 Å². The summed E-state index contributed by atoms with van der Waals surface area (Å²) in [5.74, 6) is -0.188. The number of nitrogens with two attached hydrogens (primary N) is 1. The molecule has 0 aliphatic heterocycles. The van der Waals surface area contributed by atoms with E-state index in [0.717, 1.165) is 6.42 Å². The zero-order valence-electron chi connectivity index (χ0n) is 9.34. The maximum Gasteiger partial charge on any atom is 0.239 e. The Kier molecular flexibility index (Phi) is 5.72. The first-order chi connectivity index (χ1) is 6.44. The fraction of sp³-hybridized carbons (Fsp3) is 0.900. The minimum atomic E-state index is -0.817.